The summed E-state index contributed by atoms with van der Waals surface area (Å²) < 4.78 is 37.2. The van der Waals surface area contributed by atoms with Gasteiger partial charge in [-0.1, -0.05) is 17.7 Å². The molecule has 1 aliphatic heterocycles. The van der Waals surface area contributed by atoms with E-state index in [9.17, 15) is 18.0 Å². The fraction of sp³-hybridized carbons (Fsp3) is 0.611. The van der Waals surface area contributed by atoms with Crippen molar-refractivity contribution in [3.05, 3.63) is 28.8 Å². The molecule has 0 spiro atoms. The molecular weight excluding hydrogens is 317 g/mol. The maximum Gasteiger partial charge on any atom is 0.389 e. The first-order valence-electron chi connectivity index (χ1n) is 8.31. The average Bonchev–Trinajstić information content (AvgIpc) is 2.43. The highest BCUT2D eigenvalue weighted by Gasteiger charge is 2.33. The third kappa shape index (κ3) is 5.51. The molecule has 0 unspecified atom stereocenters. The molecule has 1 aromatic carbocycles. The highest BCUT2D eigenvalue weighted by Crippen LogP contribution is 2.31. The van der Waals surface area contributed by atoms with Crippen LogP contribution in [0.2, 0.25) is 0 Å². The lowest BCUT2D eigenvalue weighted by Crippen LogP contribution is -2.40. The second-order valence-electron chi connectivity index (χ2n) is 6.86. The number of carbonyl (C=O) groups excluding carboxylic acids is 1. The zero-order chi connectivity index (χ0) is 17.9. The van der Waals surface area contributed by atoms with E-state index in [1.165, 1.54) is 0 Å². The lowest BCUT2D eigenvalue weighted by Gasteiger charge is -2.31. The van der Waals surface area contributed by atoms with E-state index >= 15 is 0 Å². The van der Waals surface area contributed by atoms with Crippen LogP contribution in [0.15, 0.2) is 12.1 Å². The zero-order valence-corrected chi connectivity index (χ0v) is 14.5. The Hall–Kier alpha value is -1.56. The van der Waals surface area contributed by atoms with Crippen LogP contribution in [0.3, 0.4) is 0 Å². The first kappa shape index (κ1) is 18.8. The molecule has 0 saturated carbocycles. The van der Waals surface area contributed by atoms with E-state index in [0.717, 1.165) is 22.4 Å². The van der Waals surface area contributed by atoms with E-state index in [4.69, 9.17) is 0 Å². The molecular formula is C18H25F3N2O. The Bertz CT molecular complexity index is 567. The van der Waals surface area contributed by atoms with E-state index < -0.39 is 12.6 Å². The molecule has 0 aliphatic carbocycles. The van der Waals surface area contributed by atoms with Gasteiger partial charge in [0.15, 0.2) is 0 Å². The van der Waals surface area contributed by atoms with E-state index in [-0.39, 0.29) is 18.4 Å². The van der Waals surface area contributed by atoms with Gasteiger partial charge in [-0.2, -0.15) is 13.2 Å². The minimum Gasteiger partial charge on any atom is -0.324 e. The van der Waals surface area contributed by atoms with Crippen molar-refractivity contribution in [1.29, 1.82) is 0 Å². The van der Waals surface area contributed by atoms with Crippen molar-refractivity contribution in [2.24, 2.45) is 5.92 Å². The summed E-state index contributed by atoms with van der Waals surface area (Å²) in [5.74, 6) is -0.426. The fourth-order valence-electron chi connectivity index (χ4n) is 3.44. The molecule has 1 fully saturated rings. The van der Waals surface area contributed by atoms with Crippen molar-refractivity contribution < 1.29 is 18.0 Å². The molecule has 3 nitrogen and oxygen atoms in total. The minimum atomic E-state index is -4.09. The Labute approximate surface area is 141 Å². The van der Waals surface area contributed by atoms with Gasteiger partial charge in [-0.05, 0) is 63.7 Å². The zero-order valence-electron chi connectivity index (χ0n) is 14.5. The number of halogens is 3. The fourth-order valence-corrected chi connectivity index (χ4v) is 3.44. The number of hydrogen-bond donors (Lipinski definition) is 1. The van der Waals surface area contributed by atoms with Gasteiger partial charge in [0.1, 0.15) is 0 Å². The van der Waals surface area contributed by atoms with Gasteiger partial charge >= 0.3 is 6.18 Å². The van der Waals surface area contributed by atoms with Crippen molar-refractivity contribution in [2.75, 3.05) is 25.0 Å². The van der Waals surface area contributed by atoms with E-state index in [1.807, 2.05) is 37.8 Å². The number of amides is 1. The minimum absolute atomic E-state index is 0.112. The molecule has 0 bridgehead atoms. The lowest BCUT2D eigenvalue weighted by molar-refractivity contribution is -0.147. The summed E-state index contributed by atoms with van der Waals surface area (Å²) >= 11 is 0. The summed E-state index contributed by atoms with van der Waals surface area (Å²) in [6.45, 7) is 7.23. The van der Waals surface area contributed by atoms with Gasteiger partial charge in [0, 0.05) is 12.1 Å². The third-order valence-electron chi connectivity index (χ3n) is 4.54. The van der Waals surface area contributed by atoms with Crippen LogP contribution in [0.5, 0.6) is 0 Å². The molecule has 0 aromatic heterocycles. The quantitative estimate of drug-likeness (QED) is 0.889. The normalized spacial score (nSPS) is 17.1. The monoisotopic (exact) mass is 342 g/mol. The van der Waals surface area contributed by atoms with Gasteiger partial charge in [0.25, 0.3) is 0 Å². The molecule has 1 saturated heterocycles. The number of likely N-dealkylation sites (tertiary alicyclic amines) is 1. The standard InChI is InChI=1S/C18H25F3N2O/c1-12-8-13(2)17(14(3)9-12)22-16(24)11-23-6-4-15(5-7-23)10-18(19,20)21/h8-9,15H,4-7,10-11H2,1-3H3,(H,22,24). The van der Waals surface area contributed by atoms with Crippen molar-refractivity contribution >= 4 is 11.6 Å². The topological polar surface area (TPSA) is 32.3 Å². The number of alkyl halides is 3. The number of hydrogen-bond acceptors (Lipinski definition) is 2. The number of benzene rings is 1. The van der Waals surface area contributed by atoms with Crippen LogP contribution >= 0.6 is 0 Å². The molecule has 2 rings (SSSR count). The summed E-state index contributed by atoms with van der Waals surface area (Å²) in [5, 5.41) is 2.94. The van der Waals surface area contributed by atoms with Crippen molar-refractivity contribution in [3.63, 3.8) is 0 Å². The summed E-state index contributed by atoms with van der Waals surface area (Å²) in [7, 11) is 0. The summed E-state index contributed by atoms with van der Waals surface area (Å²) in [5.41, 5.74) is 4.02. The van der Waals surface area contributed by atoms with Gasteiger partial charge < -0.3 is 5.32 Å². The Morgan fingerprint density at radius 1 is 1.17 bits per heavy atom. The Kier molecular flexibility index (Phi) is 5.91. The van der Waals surface area contributed by atoms with E-state index in [0.29, 0.717) is 25.9 Å². The lowest BCUT2D eigenvalue weighted by atomic mass is 9.93. The average molecular weight is 342 g/mol. The number of nitrogens with zero attached hydrogens (tertiary/aromatic N) is 1. The molecule has 0 radical (unpaired) electrons. The maximum absolute atomic E-state index is 12.4. The first-order chi connectivity index (χ1) is 11.1. The van der Waals surface area contributed by atoms with Crippen molar-refractivity contribution in [1.82, 2.24) is 4.90 Å². The molecule has 1 heterocycles. The molecule has 6 heteroatoms. The van der Waals surface area contributed by atoms with Gasteiger partial charge in [-0.3, -0.25) is 9.69 Å². The van der Waals surface area contributed by atoms with Crippen LogP contribution in [-0.4, -0.2) is 36.6 Å². The van der Waals surface area contributed by atoms with Crippen LogP contribution in [0.25, 0.3) is 0 Å². The molecule has 1 aliphatic rings. The Balaban J connectivity index is 1.84. The number of rotatable bonds is 4. The third-order valence-corrected chi connectivity index (χ3v) is 4.54. The predicted molar refractivity (Wildman–Crippen MR) is 89.1 cm³/mol. The number of carbonyl (C=O) groups is 1. The van der Waals surface area contributed by atoms with Crippen LogP contribution in [-0.2, 0) is 4.79 Å². The van der Waals surface area contributed by atoms with Crippen molar-refractivity contribution in [2.45, 2.75) is 46.2 Å². The molecule has 1 aromatic rings. The molecule has 1 amide bonds. The maximum atomic E-state index is 12.4. The highest BCUT2D eigenvalue weighted by molar-refractivity contribution is 5.93. The predicted octanol–water partition coefficient (Wildman–Crippen LogP) is 4.21. The second-order valence-corrected chi connectivity index (χ2v) is 6.86. The van der Waals surface area contributed by atoms with Gasteiger partial charge in [0.2, 0.25) is 5.91 Å². The van der Waals surface area contributed by atoms with Crippen molar-refractivity contribution in [3.8, 4) is 0 Å². The van der Waals surface area contributed by atoms with Crippen LogP contribution in [0.1, 0.15) is 36.0 Å². The van der Waals surface area contributed by atoms with Crippen LogP contribution in [0, 0.1) is 26.7 Å². The number of piperidine rings is 1. The molecule has 24 heavy (non-hydrogen) atoms. The molecule has 1 N–H and O–H groups in total. The second kappa shape index (κ2) is 7.55. The summed E-state index contributed by atoms with van der Waals surface area (Å²) in [6, 6.07) is 4.04. The number of anilines is 1. The number of nitrogens with one attached hydrogen (secondary N) is 1. The smallest absolute Gasteiger partial charge is 0.324 e. The van der Waals surface area contributed by atoms with Gasteiger partial charge in [-0.15, -0.1) is 0 Å². The summed E-state index contributed by atoms with van der Waals surface area (Å²) in [6.07, 6.45) is -3.82. The molecule has 0 atom stereocenters. The largest absolute Gasteiger partial charge is 0.389 e. The highest BCUT2D eigenvalue weighted by atomic mass is 19.4. The summed E-state index contributed by atoms with van der Waals surface area (Å²) in [4.78, 5) is 14.2. The van der Waals surface area contributed by atoms with Gasteiger partial charge in [0.05, 0.1) is 6.54 Å². The van der Waals surface area contributed by atoms with Crippen LogP contribution in [0.4, 0.5) is 18.9 Å². The van der Waals surface area contributed by atoms with E-state index in [1.54, 1.807) is 0 Å². The SMILES string of the molecule is Cc1cc(C)c(NC(=O)CN2CCC(CC(F)(F)F)CC2)c(C)c1. The van der Waals surface area contributed by atoms with E-state index in [2.05, 4.69) is 5.32 Å². The Morgan fingerprint density at radius 2 is 1.71 bits per heavy atom. The number of aryl methyl sites for hydroxylation is 3. The van der Waals surface area contributed by atoms with Crippen LogP contribution < -0.4 is 5.32 Å². The van der Waals surface area contributed by atoms with Gasteiger partial charge in [-0.25, -0.2) is 0 Å². The Morgan fingerprint density at radius 3 is 2.21 bits per heavy atom. The first-order valence-corrected chi connectivity index (χ1v) is 8.31. The molecule has 134 valence electrons.